The summed E-state index contributed by atoms with van der Waals surface area (Å²) in [5, 5.41) is 28.2. The molecule has 0 radical (unpaired) electrons. The lowest BCUT2D eigenvalue weighted by atomic mass is 10.1. The predicted octanol–water partition coefficient (Wildman–Crippen LogP) is 14.0. The van der Waals surface area contributed by atoms with Crippen molar-refractivity contribution in [3.63, 3.8) is 0 Å². The normalized spacial score (nSPS) is 10.4. The van der Waals surface area contributed by atoms with Crippen LogP contribution in [0.3, 0.4) is 0 Å². The number of aliphatic hydroxyl groups is 1. The molecule has 0 atom stereocenters. The third-order valence-electron chi connectivity index (χ3n) is 17.9. The minimum Gasteiger partial charge on any atom is -0.508 e. The number of rotatable bonds is 15. The maximum Gasteiger partial charge on any atom is 0.271 e. The van der Waals surface area contributed by atoms with Gasteiger partial charge in [0, 0.05) is 132 Å². The zero-order chi connectivity index (χ0) is 89.1. The van der Waals surface area contributed by atoms with Crippen molar-refractivity contribution in [3.8, 4) is 80.9 Å². The lowest BCUT2D eigenvalue weighted by Gasteiger charge is -2.14. The van der Waals surface area contributed by atoms with Gasteiger partial charge in [0.1, 0.15) is 123 Å². The highest BCUT2D eigenvalue weighted by molar-refractivity contribution is 9.10. The van der Waals surface area contributed by atoms with Gasteiger partial charge in [-0.25, -0.2) is 33.1 Å². The summed E-state index contributed by atoms with van der Waals surface area (Å²) in [6.45, 7) is 31.0. The van der Waals surface area contributed by atoms with Crippen molar-refractivity contribution in [3.05, 3.63) is 350 Å². The molecule has 13 heterocycles. The molecule has 13 aromatic heterocycles. The van der Waals surface area contributed by atoms with E-state index in [2.05, 4.69) is 84.3 Å². The summed E-state index contributed by atoms with van der Waals surface area (Å²) in [4.78, 5) is 120. The molecule has 0 saturated heterocycles. The lowest BCUT2D eigenvalue weighted by molar-refractivity contribution is -0.103. The number of carbonyl (C=O) groups is 2. The number of hydrogen-bond donors (Lipinski definition) is 3. The van der Waals surface area contributed by atoms with E-state index in [1.165, 1.54) is 73.7 Å². The first-order valence-corrected chi connectivity index (χ1v) is 38.1. The van der Waals surface area contributed by atoms with Gasteiger partial charge in [-0.2, -0.15) is 0 Å². The summed E-state index contributed by atoms with van der Waals surface area (Å²) in [5.74, 6) is 9.23. The summed E-state index contributed by atoms with van der Waals surface area (Å²) in [5.41, 5.74) is 11.7. The van der Waals surface area contributed by atoms with Crippen molar-refractivity contribution >= 4 is 45.4 Å². The van der Waals surface area contributed by atoms with Gasteiger partial charge >= 0.3 is 0 Å². The quantitative estimate of drug-likeness (QED) is 0.0282. The number of Topliss-reactive ketones (excluding diaryl/α,β-unsaturated/α-hetero) is 1. The van der Waals surface area contributed by atoms with Gasteiger partial charge in [-0.05, 0) is 224 Å². The van der Waals surface area contributed by atoms with Crippen molar-refractivity contribution in [2.24, 2.45) is 0 Å². The van der Waals surface area contributed by atoms with Crippen LogP contribution >= 0.6 is 27.5 Å². The molecule has 3 N–H and O–H groups in total. The van der Waals surface area contributed by atoms with Gasteiger partial charge in [0.05, 0.1) is 22.7 Å². The summed E-state index contributed by atoms with van der Waals surface area (Å²) in [7, 11) is 0. The molecule has 622 valence electrons. The minimum atomic E-state index is -0.569. The molecule has 0 aliphatic rings. The highest BCUT2D eigenvalue weighted by Crippen LogP contribution is 2.27. The number of ether oxygens (including phenoxy) is 3. The lowest BCUT2D eigenvalue weighted by Crippen LogP contribution is -2.26. The SMILES string of the molecule is CC(=O)c1c(O)cc(C)n(-c2cc(Cl)ncc2C)c1=O.Cc1cnc(Br)cc1-n1c(C)cc(O)cc1=O.Cc1cnc(COc2cc(C)n(-c3cc(C#CC=O)ncc3C)c(=O)c2)c(F)c1.Cc1cnc(COc2cc(C)n(-c3cc(C#CCO)ncc3C)c(=O)c2)c(F)c1.[C-]#[N+]c1cc(-n2c(C)cc(OCc3ncc(C)cc3F)cc2=O)c(C)cn1. The molecule has 32 heteroatoms. The fraction of sp³-hybridized carbons (Fsp3) is 0.200. The standard InChI is InChI=1S/C22H20FN3O3.C22H18FN3O3.C20H17FN4O2.C14H13ClN2O3.C12H11BrN2O2/c2*1-14-7-19(23)20(25-11-14)13-29-18-8-16(3)26(22(28)10-18)21-9-17(5-4-6-27)24-12-15(21)2;1-12-5-16(21)17(23-9-12)11-27-15-6-14(3)25(20(26)7-15)18-8-19(22-4)24-10-13(18)2;1-7-6-16-12(15)5-10(7)17-8(2)4-11(19)13(9(3)18)14(17)20;1-7-6-14-11(13)5-10(7)15-8(2)3-9(16)4-12(15)17/h7-12,27H,6,13H2,1-3H3;6-12H,13H2,1-3H3;5-10H,11H2,1-3H3;4-6,19H,1-3H3;3-6,16H,1-2H3. The van der Waals surface area contributed by atoms with Crippen LogP contribution in [0.4, 0.5) is 19.0 Å². The molecule has 0 aromatic carbocycles. The third-order valence-corrected chi connectivity index (χ3v) is 18.6. The number of aliphatic hydroxyl groups excluding tert-OH is 1. The van der Waals surface area contributed by atoms with E-state index in [-0.39, 0.29) is 93.8 Å². The fourth-order valence-electron chi connectivity index (χ4n) is 12.1. The molecule has 0 aliphatic carbocycles. The molecule has 0 amide bonds. The molecule has 0 bridgehead atoms. The van der Waals surface area contributed by atoms with Gasteiger partial charge in [0.15, 0.2) is 12.1 Å². The maximum absolute atomic E-state index is 13.9. The number of hydrogen-bond acceptors (Lipinski definition) is 21. The Hall–Kier alpha value is -14.6. The second kappa shape index (κ2) is 41.2. The molecule has 122 heavy (non-hydrogen) atoms. The third kappa shape index (κ3) is 23.2. The van der Waals surface area contributed by atoms with Gasteiger partial charge in [0.2, 0.25) is 0 Å². The number of ketones is 1. The highest BCUT2D eigenvalue weighted by Gasteiger charge is 2.21. The Morgan fingerprint density at radius 1 is 0.467 bits per heavy atom. The van der Waals surface area contributed by atoms with E-state index in [0.29, 0.717) is 90.7 Å². The number of nitrogens with zero attached hydrogens (tertiary/aromatic N) is 14. The zero-order valence-electron chi connectivity index (χ0n) is 68.4. The number of aryl methyl sites for hydroxylation is 13. The number of aldehydes is 1. The van der Waals surface area contributed by atoms with Crippen LogP contribution in [0.25, 0.3) is 33.3 Å². The molecule has 0 saturated carbocycles. The van der Waals surface area contributed by atoms with Gasteiger partial charge in [-0.15, -0.1) is 4.98 Å². The van der Waals surface area contributed by atoms with E-state index in [1.54, 1.807) is 171 Å². The average Bonchev–Trinajstić information content (AvgIpc) is 0.786. The Labute approximate surface area is 710 Å². The molecular formula is C90H79BrClF3N14O13. The summed E-state index contributed by atoms with van der Waals surface area (Å²) >= 11 is 9.14. The molecular weight excluding hydrogens is 1660 g/mol. The van der Waals surface area contributed by atoms with E-state index in [4.69, 9.17) is 37.5 Å². The molecule has 27 nitrogen and oxygen atoms in total. The molecule has 0 spiro atoms. The Morgan fingerprint density at radius 3 is 1.23 bits per heavy atom. The Kier molecular flexibility index (Phi) is 30.8. The summed E-state index contributed by atoms with van der Waals surface area (Å²) in [6.07, 6.45) is 13.2. The van der Waals surface area contributed by atoms with Crippen LogP contribution in [0.2, 0.25) is 5.15 Å². The first kappa shape index (κ1) is 91.3. The van der Waals surface area contributed by atoms with Crippen LogP contribution in [0, 0.1) is 138 Å². The van der Waals surface area contributed by atoms with Crippen molar-refractivity contribution in [2.45, 2.75) is 117 Å². The van der Waals surface area contributed by atoms with Crippen molar-refractivity contribution in [2.75, 3.05) is 6.61 Å². The van der Waals surface area contributed by atoms with E-state index in [0.717, 1.165) is 50.2 Å². The zero-order valence-corrected chi connectivity index (χ0v) is 70.8. The van der Waals surface area contributed by atoms with Gasteiger partial charge in [0.25, 0.3) is 33.6 Å². The largest absolute Gasteiger partial charge is 0.508 e. The van der Waals surface area contributed by atoms with E-state index >= 15 is 0 Å². The molecule has 0 fully saturated rings. The minimum absolute atomic E-state index is 0.0190. The average molecular weight is 1740 g/mol. The van der Waals surface area contributed by atoms with Crippen LogP contribution in [-0.2, 0) is 24.6 Å². The Bertz CT molecular complexity index is 6740. The topological polar surface area (TPSA) is 340 Å². The number of carbonyl (C=O) groups excluding carboxylic acids is 2. The van der Waals surface area contributed by atoms with E-state index in [9.17, 15) is 56.9 Å². The van der Waals surface area contributed by atoms with Crippen LogP contribution in [0.1, 0.15) is 119 Å². The van der Waals surface area contributed by atoms with Crippen molar-refractivity contribution in [1.82, 2.24) is 62.7 Å². The predicted molar refractivity (Wildman–Crippen MR) is 456 cm³/mol. The van der Waals surface area contributed by atoms with Crippen LogP contribution < -0.4 is 42.0 Å². The maximum atomic E-state index is 13.9. The smallest absolute Gasteiger partial charge is 0.271 e. The highest BCUT2D eigenvalue weighted by atomic mass is 79.9. The number of aromatic hydroxyl groups is 2. The Balaban J connectivity index is 0.000000175. The number of halogens is 5. The van der Waals surface area contributed by atoms with Gasteiger partial charge in [-0.3, -0.25) is 71.3 Å². The summed E-state index contributed by atoms with van der Waals surface area (Å²) < 4.78 is 66.5. The monoisotopic (exact) mass is 1730 g/mol. The number of pyridine rings is 13. The van der Waals surface area contributed by atoms with Gasteiger partial charge in [-0.1, -0.05) is 24.1 Å². The van der Waals surface area contributed by atoms with Crippen LogP contribution in [-0.4, -0.2) is 96.7 Å². The summed E-state index contributed by atoms with van der Waals surface area (Å²) in [6, 6.07) is 25.6. The van der Waals surface area contributed by atoms with E-state index < -0.39 is 28.8 Å². The number of aromatic nitrogens is 13. The van der Waals surface area contributed by atoms with Crippen LogP contribution in [0.15, 0.2) is 181 Å². The molecule has 13 aromatic rings. The van der Waals surface area contributed by atoms with Crippen molar-refractivity contribution < 1.29 is 52.3 Å². The first-order valence-electron chi connectivity index (χ1n) is 36.9. The molecule has 0 aliphatic heterocycles. The second-order valence-corrected chi connectivity index (χ2v) is 28.8. The van der Waals surface area contributed by atoms with Gasteiger partial charge < -0.3 is 34.4 Å². The fourth-order valence-corrected chi connectivity index (χ4v) is 12.6. The van der Waals surface area contributed by atoms with Crippen LogP contribution in [0.5, 0.6) is 28.7 Å². The Morgan fingerprint density at radius 2 is 0.836 bits per heavy atom. The first-order chi connectivity index (χ1) is 58.0. The van der Waals surface area contributed by atoms with E-state index in [1.807, 2.05) is 27.7 Å². The van der Waals surface area contributed by atoms with Crippen molar-refractivity contribution in [1.29, 1.82) is 0 Å². The molecule has 13 rings (SSSR count). The second-order valence-electron chi connectivity index (χ2n) is 27.6. The molecule has 0 unspecified atom stereocenters.